The van der Waals surface area contributed by atoms with Crippen LogP contribution < -0.4 is 5.32 Å². The number of benzene rings is 1. The molecule has 3 nitrogen and oxygen atoms in total. The van der Waals surface area contributed by atoms with Gasteiger partial charge in [0.05, 0.1) is 16.4 Å². The number of anilines is 1. The van der Waals surface area contributed by atoms with E-state index in [4.69, 9.17) is 23.2 Å². The number of hydrogen-bond donors (Lipinski definition) is 1. The molecule has 5 heteroatoms. The largest absolute Gasteiger partial charge is 0.380 e. The van der Waals surface area contributed by atoms with E-state index in [9.17, 15) is 0 Å². The lowest BCUT2D eigenvalue weighted by molar-refractivity contribution is 0.549. The van der Waals surface area contributed by atoms with E-state index in [-0.39, 0.29) is 5.41 Å². The molecule has 0 bridgehead atoms. The molecule has 1 aromatic heterocycles. The van der Waals surface area contributed by atoms with Crippen LogP contribution >= 0.6 is 23.2 Å². The molecule has 1 heterocycles. The second-order valence-corrected chi connectivity index (χ2v) is 6.75. The topological polar surface area (TPSA) is 29.9 Å². The van der Waals surface area contributed by atoms with Crippen molar-refractivity contribution in [2.24, 2.45) is 7.05 Å². The van der Waals surface area contributed by atoms with Gasteiger partial charge in [0.2, 0.25) is 0 Å². The summed E-state index contributed by atoms with van der Waals surface area (Å²) in [4.78, 5) is 0. The Balaban J connectivity index is 2.21. The molecule has 0 aliphatic rings. The first-order valence-electron chi connectivity index (χ1n) is 6.49. The number of nitrogens with one attached hydrogen (secondary N) is 1. The van der Waals surface area contributed by atoms with E-state index < -0.39 is 0 Å². The van der Waals surface area contributed by atoms with Gasteiger partial charge in [-0.3, -0.25) is 4.68 Å². The molecule has 0 aliphatic heterocycles. The number of aryl methyl sites for hydroxylation is 1. The number of hydrogen-bond acceptors (Lipinski definition) is 2. The molecular weight excluding hydrogens is 293 g/mol. The van der Waals surface area contributed by atoms with Crippen molar-refractivity contribution in [2.45, 2.75) is 32.7 Å². The molecule has 0 aliphatic carbocycles. The third kappa shape index (κ3) is 3.47. The fourth-order valence-corrected chi connectivity index (χ4v) is 2.48. The Labute approximate surface area is 129 Å². The molecule has 0 amide bonds. The predicted octanol–water partition coefficient (Wildman–Crippen LogP) is 4.64. The van der Waals surface area contributed by atoms with Crippen molar-refractivity contribution in [1.82, 2.24) is 9.78 Å². The van der Waals surface area contributed by atoms with E-state index in [1.165, 1.54) is 0 Å². The van der Waals surface area contributed by atoms with Crippen LogP contribution in [-0.4, -0.2) is 9.78 Å². The molecule has 2 rings (SSSR count). The summed E-state index contributed by atoms with van der Waals surface area (Å²) in [5.74, 6) is 0. The second kappa shape index (κ2) is 5.66. The fraction of sp³-hybridized carbons (Fsp3) is 0.400. The number of rotatable bonds is 3. The first-order chi connectivity index (χ1) is 9.27. The van der Waals surface area contributed by atoms with Gasteiger partial charge in [0.25, 0.3) is 0 Å². The van der Waals surface area contributed by atoms with E-state index in [1.54, 1.807) is 12.1 Å². The normalized spacial score (nSPS) is 11.7. The lowest BCUT2D eigenvalue weighted by atomic mass is 9.89. The minimum Gasteiger partial charge on any atom is -0.380 e. The first kappa shape index (κ1) is 15.2. The summed E-state index contributed by atoms with van der Waals surface area (Å²) in [5, 5.41) is 9.21. The molecule has 0 radical (unpaired) electrons. The summed E-state index contributed by atoms with van der Waals surface area (Å²) in [7, 11) is 1.94. The van der Waals surface area contributed by atoms with Crippen LogP contribution in [0.2, 0.25) is 10.0 Å². The van der Waals surface area contributed by atoms with Crippen LogP contribution in [0, 0.1) is 0 Å². The van der Waals surface area contributed by atoms with Crippen LogP contribution in [0.25, 0.3) is 0 Å². The van der Waals surface area contributed by atoms with Gasteiger partial charge in [0.15, 0.2) is 0 Å². The summed E-state index contributed by atoms with van der Waals surface area (Å²) >= 11 is 12.1. The van der Waals surface area contributed by atoms with Crippen molar-refractivity contribution in [2.75, 3.05) is 5.32 Å². The van der Waals surface area contributed by atoms with Gasteiger partial charge in [-0.05, 0) is 18.2 Å². The summed E-state index contributed by atoms with van der Waals surface area (Å²) in [6.07, 6.45) is 2.03. The second-order valence-electron chi connectivity index (χ2n) is 5.90. The minimum absolute atomic E-state index is 0.0103. The van der Waals surface area contributed by atoms with Gasteiger partial charge in [-0.2, -0.15) is 5.10 Å². The average molecular weight is 312 g/mol. The maximum absolute atomic E-state index is 6.16. The molecule has 2 aromatic rings. The first-order valence-corrected chi connectivity index (χ1v) is 7.25. The smallest absolute Gasteiger partial charge is 0.0727 e. The Bertz CT molecular complexity index is 612. The zero-order chi connectivity index (χ0) is 14.9. The maximum Gasteiger partial charge on any atom is 0.0727 e. The van der Waals surface area contributed by atoms with Crippen LogP contribution in [0.3, 0.4) is 0 Å². The van der Waals surface area contributed by atoms with Crippen LogP contribution in [0.5, 0.6) is 0 Å². The molecule has 1 N–H and O–H groups in total. The summed E-state index contributed by atoms with van der Waals surface area (Å²) < 4.78 is 1.84. The van der Waals surface area contributed by atoms with E-state index in [1.807, 2.05) is 24.0 Å². The fourth-order valence-electron chi connectivity index (χ4n) is 2.12. The quantitative estimate of drug-likeness (QED) is 0.895. The lowest BCUT2D eigenvalue weighted by Crippen LogP contribution is -2.16. The number of nitrogens with zero attached hydrogens (tertiary/aromatic N) is 2. The van der Waals surface area contributed by atoms with E-state index >= 15 is 0 Å². The maximum atomic E-state index is 6.16. The van der Waals surface area contributed by atoms with Crippen molar-refractivity contribution in [3.8, 4) is 0 Å². The van der Waals surface area contributed by atoms with Gasteiger partial charge in [0, 0.05) is 35.8 Å². The van der Waals surface area contributed by atoms with Crippen LogP contribution in [0.15, 0.2) is 24.4 Å². The molecule has 0 fully saturated rings. The summed E-state index contributed by atoms with van der Waals surface area (Å²) in [6, 6.07) is 5.40. The molecule has 1 aromatic carbocycles. The Hall–Kier alpha value is -1.19. The van der Waals surface area contributed by atoms with Crippen LogP contribution in [0.1, 0.15) is 32.0 Å². The Morgan fingerprint density at radius 2 is 1.95 bits per heavy atom. The Morgan fingerprint density at radius 3 is 2.60 bits per heavy atom. The number of aromatic nitrogens is 2. The van der Waals surface area contributed by atoms with Crippen molar-refractivity contribution in [3.05, 3.63) is 45.7 Å². The van der Waals surface area contributed by atoms with Gasteiger partial charge < -0.3 is 5.32 Å². The van der Waals surface area contributed by atoms with Crippen molar-refractivity contribution in [1.29, 1.82) is 0 Å². The monoisotopic (exact) mass is 311 g/mol. The standard InChI is InChI=1S/C15H19Cl2N3/c1-15(2,3)14-10(9-20(4)19-14)8-18-13-7-11(16)5-6-12(13)17/h5-7,9,18H,8H2,1-4H3. The van der Waals surface area contributed by atoms with E-state index in [0.29, 0.717) is 16.6 Å². The van der Waals surface area contributed by atoms with Crippen molar-refractivity contribution >= 4 is 28.9 Å². The van der Waals surface area contributed by atoms with Crippen molar-refractivity contribution < 1.29 is 0 Å². The molecule has 0 saturated heterocycles. The molecule has 108 valence electrons. The SMILES string of the molecule is Cn1cc(CNc2cc(Cl)ccc2Cl)c(C(C)(C)C)n1. The highest BCUT2D eigenvalue weighted by atomic mass is 35.5. The molecular formula is C15H19Cl2N3. The van der Waals surface area contributed by atoms with Gasteiger partial charge >= 0.3 is 0 Å². The summed E-state index contributed by atoms with van der Waals surface area (Å²) in [5.41, 5.74) is 3.10. The highest BCUT2D eigenvalue weighted by Gasteiger charge is 2.21. The van der Waals surface area contributed by atoms with Crippen LogP contribution in [-0.2, 0) is 19.0 Å². The highest BCUT2D eigenvalue weighted by molar-refractivity contribution is 6.35. The van der Waals surface area contributed by atoms with Gasteiger partial charge in [-0.15, -0.1) is 0 Å². The molecule has 0 atom stereocenters. The Morgan fingerprint density at radius 1 is 1.25 bits per heavy atom. The van der Waals surface area contributed by atoms with Crippen LogP contribution in [0.4, 0.5) is 5.69 Å². The lowest BCUT2D eigenvalue weighted by Gasteiger charge is -2.18. The molecule has 20 heavy (non-hydrogen) atoms. The van der Waals surface area contributed by atoms with Gasteiger partial charge in [-0.25, -0.2) is 0 Å². The Kier molecular flexibility index (Phi) is 4.31. The molecule has 0 spiro atoms. The third-order valence-corrected chi connectivity index (χ3v) is 3.58. The zero-order valence-corrected chi connectivity index (χ0v) is 13.7. The van der Waals surface area contributed by atoms with Gasteiger partial charge in [-0.1, -0.05) is 44.0 Å². The highest BCUT2D eigenvalue weighted by Crippen LogP contribution is 2.28. The average Bonchev–Trinajstić information content (AvgIpc) is 2.72. The van der Waals surface area contributed by atoms with Crippen molar-refractivity contribution in [3.63, 3.8) is 0 Å². The third-order valence-electron chi connectivity index (χ3n) is 3.01. The summed E-state index contributed by atoms with van der Waals surface area (Å²) in [6.45, 7) is 7.14. The minimum atomic E-state index is 0.0103. The van der Waals surface area contributed by atoms with E-state index in [2.05, 4.69) is 31.2 Å². The molecule has 0 saturated carbocycles. The predicted molar refractivity (Wildman–Crippen MR) is 85.7 cm³/mol. The molecule has 0 unspecified atom stereocenters. The number of halogens is 2. The van der Waals surface area contributed by atoms with Gasteiger partial charge in [0.1, 0.15) is 0 Å². The van der Waals surface area contributed by atoms with E-state index in [0.717, 1.165) is 16.9 Å². The zero-order valence-electron chi connectivity index (χ0n) is 12.2.